The Morgan fingerprint density at radius 3 is 2.30 bits per heavy atom. The molecule has 1 aromatic rings. The average Bonchev–Trinajstić information content (AvgIpc) is 1.59. The summed E-state index contributed by atoms with van der Waals surface area (Å²) >= 11 is 0. The summed E-state index contributed by atoms with van der Waals surface area (Å²) in [6.45, 7) is 1.54. The van der Waals surface area contributed by atoms with Crippen LogP contribution in [0.15, 0.2) is 9.59 Å². The third-order valence-electron chi connectivity index (χ3n) is 0.784. The van der Waals surface area contributed by atoms with E-state index in [1.54, 1.807) is 0 Å². The maximum Gasteiger partial charge on any atom is 0.350 e. The molecule has 6 heteroatoms. The molecule has 0 amide bonds. The van der Waals surface area contributed by atoms with Gasteiger partial charge in [0, 0.05) is 0 Å². The Hall–Kier alpha value is -1.10. The van der Waals surface area contributed by atoms with Crippen LogP contribution in [0.5, 0.6) is 0 Å². The van der Waals surface area contributed by atoms with Gasteiger partial charge >= 0.3 is 11.4 Å². The molecule has 0 aromatic carbocycles. The van der Waals surface area contributed by atoms with E-state index >= 15 is 0 Å². The molecule has 0 unspecified atom stereocenters. The van der Waals surface area contributed by atoms with Crippen LogP contribution < -0.4 is 11.4 Å². The Kier molecular flexibility index (Phi) is 2.82. The predicted molar refractivity (Wildman–Crippen MR) is 37.5 cm³/mol. The molecule has 0 saturated carbocycles. The first-order chi connectivity index (χ1) is 4.18. The second-order valence-electron chi connectivity index (χ2n) is 1.58. The van der Waals surface area contributed by atoms with Gasteiger partial charge in [0.2, 0.25) is 0 Å². The minimum Gasteiger partial charge on any atom is -0.296 e. The Balaban J connectivity index is 0.000000810. The molecule has 1 heterocycles. The zero-order valence-electron chi connectivity index (χ0n) is 5.17. The maximum absolute atomic E-state index is 10.4. The second-order valence-corrected chi connectivity index (χ2v) is 1.58. The number of aryl methyl sites for hydroxylation is 1. The molecule has 0 atom stereocenters. The molecule has 56 valence electrons. The molecule has 0 bridgehead atoms. The van der Waals surface area contributed by atoms with Crippen molar-refractivity contribution in [2.24, 2.45) is 0 Å². The minimum atomic E-state index is -0.615. The predicted octanol–water partition coefficient (Wildman–Crippen LogP) is -0.812. The summed E-state index contributed by atoms with van der Waals surface area (Å²) in [7, 11) is 0. The molecule has 0 aliphatic carbocycles. The summed E-state index contributed by atoms with van der Waals surface area (Å²) in [5.74, 6) is 0.323. The van der Waals surface area contributed by atoms with Crippen molar-refractivity contribution in [2.45, 2.75) is 6.92 Å². The molecule has 0 saturated heterocycles. The van der Waals surface area contributed by atoms with Crippen LogP contribution in [0.2, 0.25) is 0 Å². The van der Waals surface area contributed by atoms with E-state index < -0.39 is 11.4 Å². The lowest BCUT2D eigenvalue weighted by atomic mass is 10.7. The number of nitrogens with one attached hydrogen (secondary N) is 2. The van der Waals surface area contributed by atoms with Gasteiger partial charge in [-0.15, -0.1) is 12.4 Å². The van der Waals surface area contributed by atoms with Gasteiger partial charge in [0.15, 0.2) is 0 Å². The molecular weight excluding hydrogens is 158 g/mol. The third-order valence-corrected chi connectivity index (χ3v) is 0.784. The van der Waals surface area contributed by atoms with Gasteiger partial charge in [0.1, 0.15) is 5.82 Å². The first-order valence-electron chi connectivity index (χ1n) is 2.36. The number of hydrogen-bond acceptors (Lipinski definition) is 3. The molecule has 1 rings (SSSR count). The van der Waals surface area contributed by atoms with E-state index in [0.717, 1.165) is 0 Å². The van der Waals surface area contributed by atoms with E-state index in [4.69, 9.17) is 0 Å². The lowest BCUT2D eigenvalue weighted by molar-refractivity contribution is 0.883. The van der Waals surface area contributed by atoms with Gasteiger partial charge in [0.25, 0.3) is 0 Å². The van der Waals surface area contributed by atoms with Crippen molar-refractivity contribution in [3.63, 3.8) is 0 Å². The molecule has 0 aliphatic heterocycles. The van der Waals surface area contributed by atoms with Gasteiger partial charge in [0.05, 0.1) is 0 Å². The monoisotopic (exact) mass is 163 g/mol. The zero-order chi connectivity index (χ0) is 6.85. The number of aromatic amines is 2. The number of hydrogen-bond donors (Lipinski definition) is 2. The normalized spacial score (nSPS) is 8.50. The van der Waals surface area contributed by atoms with Crippen molar-refractivity contribution >= 4 is 12.4 Å². The SMILES string of the molecule is Cc1nc(=O)[nH]c(=O)[nH]1.Cl. The first-order valence-corrected chi connectivity index (χ1v) is 2.36. The van der Waals surface area contributed by atoms with Crippen LogP contribution in [0.1, 0.15) is 5.82 Å². The maximum atomic E-state index is 10.4. The Bertz CT molecular complexity index is 287. The lowest BCUT2D eigenvalue weighted by Gasteiger charge is -1.84. The summed E-state index contributed by atoms with van der Waals surface area (Å²) < 4.78 is 0. The highest BCUT2D eigenvalue weighted by Crippen LogP contribution is 1.66. The summed E-state index contributed by atoms with van der Waals surface area (Å²) in [5.41, 5.74) is -1.14. The molecule has 0 radical (unpaired) electrons. The average molecular weight is 164 g/mol. The van der Waals surface area contributed by atoms with Crippen LogP contribution in [0.25, 0.3) is 0 Å². The van der Waals surface area contributed by atoms with Crippen molar-refractivity contribution in [3.05, 3.63) is 26.8 Å². The van der Waals surface area contributed by atoms with Gasteiger partial charge in [-0.2, -0.15) is 4.98 Å². The number of H-pyrrole nitrogens is 2. The molecule has 5 nitrogen and oxygen atoms in total. The largest absolute Gasteiger partial charge is 0.350 e. The summed E-state index contributed by atoms with van der Waals surface area (Å²) in [6.07, 6.45) is 0. The van der Waals surface area contributed by atoms with E-state index in [2.05, 4.69) is 9.97 Å². The smallest absolute Gasteiger partial charge is 0.296 e. The minimum absolute atomic E-state index is 0. The molecule has 1 aromatic heterocycles. The van der Waals surface area contributed by atoms with Gasteiger partial charge in [-0.25, -0.2) is 9.59 Å². The van der Waals surface area contributed by atoms with Crippen LogP contribution in [0.4, 0.5) is 0 Å². The number of nitrogens with zero attached hydrogens (tertiary/aromatic N) is 1. The van der Waals surface area contributed by atoms with Crippen LogP contribution >= 0.6 is 12.4 Å². The van der Waals surface area contributed by atoms with Crippen LogP contribution in [-0.4, -0.2) is 15.0 Å². The fourth-order valence-electron chi connectivity index (χ4n) is 0.501. The standard InChI is InChI=1S/C4H5N3O2.ClH/c1-2-5-3(8)7-4(9)6-2;/h1H3,(H2,5,6,7,8,9);1H. The van der Waals surface area contributed by atoms with Crippen LogP contribution in [-0.2, 0) is 0 Å². The third kappa shape index (κ3) is 2.02. The van der Waals surface area contributed by atoms with E-state index in [9.17, 15) is 9.59 Å². The number of aromatic nitrogens is 3. The molecule has 0 spiro atoms. The number of halogens is 1. The first kappa shape index (κ1) is 8.90. The van der Waals surface area contributed by atoms with Gasteiger partial charge in [-0.1, -0.05) is 0 Å². The fourth-order valence-corrected chi connectivity index (χ4v) is 0.501. The van der Waals surface area contributed by atoms with Gasteiger partial charge in [-0.3, -0.25) is 9.97 Å². The number of rotatable bonds is 0. The highest BCUT2D eigenvalue weighted by Gasteiger charge is 1.87. The Morgan fingerprint density at radius 2 is 1.90 bits per heavy atom. The van der Waals surface area contributed by atoms with E-state index in [1.807, 2.05) is 4.98 Å². The van der Waals surface area contributed by atoms with Crippen LogP contribution in [0, 0.1) is 6.92 Å². The quantitative estimate of drug-likeness (QED) is 0.525. The van der Waals surface area contributed by atoms with Crippen LogP contribution in [0.3, 0.4) is 0 Å². The van der Waals surface area contributed by atoms with Crippen molar-refractivity contribution in [2.75, 3.05) is 0 Å². The Morgan fingerprint density at radius 1 is 1.30 bits per heavy atom. The summed E-state index contributed by atoms with van der Waals surface area (Å²) in [5, 5.41) is 0. The highest BCUT2D eigenvalue weighted by molar-refractivity contribution is 5.85. The second kappa shape index (κ2) is 3.17. The van der Waals surface area contributed by atoms with Gasteiger partial charge < -0.3 is 0 Å². The lowest BCUT2D eigenvalue weighted by Crippen LogP contribution is -2.25. The van der Waals surface area contributed by atoms with Crippen molar-refractivity contribution in [3.8, 4) is 0 Å². The van der Waals surface area contributed by atoms with Crippen molar-refractivity contribution in [1.82, 2.24) is 15.0 Å². The molecule has 0 aliphatic rings. The van der Waals surface area contributed by atoms with E-state index in [0.29, 0.717) is 5.82 Å². The summed E-state index contributed by atoms with van der Waals surface area (Å²) in [4.78, 5) is 28.3. The van der Waals surface area contributed by atoms with E-state index in [1.165, 1.54) is 6.92 Å². The highest BCUT2D eigenvalue weighted by atomic mass is 35.5. The topological polar surface area (TPSA) is 78.6 Å². The van der Waals surface area contributed by atoms with E-state index in [-0.39, 0.29) is 12.4 Å². The zero-order valence-corrected chi connectivity index (χ0v) is 5.99. The summed E-state index contributed by atoms with van der Waals surface area (Å²) in [6, 6.07) is 0. The van der Waals surface area contributed by atoms with Crippen molar-refractivity contribution < 1.29 is 0 Å². The fraction of sp³-hybridized carbons (Fsp3) is 0.250. The van der Waals surface area contributed by atoms with Crippen molar-refractivity contribution in [1.29, 1.82) is 0 Å². The molecule has 10 heavy (non-hydrogen) atoms. The molecule has 0 fully saturated rings. The Labute approximate surface area is 61.9 Å². The molecule has 2 N–H and O–H groups in total. The van der Waals surface area contributed by atoms with Gasteiger partial charge in [-0.05, 0) is 6.92 Å². The molecular formula is C4H6ClN3O2.